The van der Waals surface area contributed by atoms with Crippen molar-refractivity contribution in [1.82, 2.24) is 20.1 Å². The summed E-state index contributed by atoms with van der Waals surface area (Å²) in [6.07, 6.45) is 2.10. The van der Waals surface area contributed by atoms with Crippen molar-refractivity contribution >= 4 is 5.91 Å². The molecule has 5 nitrogen and oxygen atoms in total. The van der Waals surface area contributed by atoms with Crippen molar-refractivity contribution in [2.24, 2.45) is 0 Å². The molecule has 2 aromatic carbocycles. The van der Waals surface area contributed by atoms with Crippen molar-refractivity contribution in [3.05, 3.63) is 72.3 Å². The monoisotopic (exact) mass is 348 g/mol. The van der Waals surface area contributed by atoms with Gasteiger partial charge in [-0.3, -0.25) is 4.79 Å². The second-order valence-corrected chi connectivity index (χ2v) is 6.63. The predicted molar refractivity (Wildman–Crippen MR) is 103 cm³/mol. The normalized spacial score (nSPS) is 10.9. The van der Waals surface area contributed by atoms with Gasteiger partial charge in [0.1, 0.15) is 12.2 Å². The van der Waals surface area contributed by atoms with Gasteiger partial charge in [0.05, 0.1) is 6.42 Å². The van der Waals surface area contributed by atoms with Gasteiger partial charge in [-0.05, 0) is 16.7 Å². The Morgan fingerprint density at radius 2 is 1.73 bits per heavy atom. The molecule has 3 aromatic rings. The van der Waals surface area contributed by atoms with Crippen LogP contribution in [0, 0.1) is 0 Å². The molecule has 0 aliphatic carbocycles. The zero-order valence-electron chi connectivity index (χ0n) is 15.2. The fourth-order valence-electron chi connectivity index (χ4n) is 2.89. The van der Waals surface area contributed by atoms with E-state index >= 15 is 0 Å². The maximum atomic E-state index is 12.2. The largest absolute Gasteiger partial charge is 0.354 e. The molecule has 1 amide bonds. The lowest BCUT2D eigenvalue weighted by Gasteiger charge is -2.10. The van der Waals surface area contributed by atoms with E-state index in [1.165, 1.54) is 5.56 Å². The summed E-state index contributed by atoms with van der Waals surface area (Å²) < 4.78 is 1.99. The summed E-state index contributed by atoms with van der Waals surface area (Å²) in [5.74, 6) is 1.28. The van der Waals surface area contributed by atoms with Gasteiger partial charge >= 0.3 is 0 Å². The lowest BCUT2D eigenvalue weighted by Crippen LogP contribution is -2.29. The third-order valence-corrected chi connectivity index (χ3v) is 4.26. The van der Waals surface area contributed by atoms with Crippen LogP contribution in [0.1, 0.15) is 31.2 Å². The fraction of sp³-hybridized carbons (Fsp3) is 0.286. The smallest absolute Gasteiger partial charge is 0.224 e. The van der Waals surface area contributed by atoms with Crippen molar-refractivity contribution < 1.29 is 4.79 Å². The van der Waals surface area contributed by atoms with Crippen molar-refractivity contribution in [2.45, 2.75) is 32.7 Å². The number of hydrogen-bond donors (Lipinski definition) is 1. The summed E-state index contributed by atoms with van der Waals surface area (Å²) >= 11 is 0. The summed E-state index contributed by atoms with van der Waals surface area (Å²) in [4.78, 5) is 12.2. The maximum absolute atomic E-state index is 12.2. The van der Waals surface area contributed by atoms with Gasteiger partial charge < -0.3 is 9.88 Å². The molecule has 0 atom stereocenters. The molecule has 134 valence electrons. The molecule has 5 heteroatoms. The first-order chi connectivity index (χ1) is 12.6. The van der Waals surface area contributed by atoms with Gasteiger partial charge in [0.15, 0.2) is 0 Å². The van der Waals surface area contributed by atoms with Crippen molar-refractivity contribution in [2.75, 3.05) is 6.54 Å². The van der Waals surface area contributed by atoms with Gasteiger partial charge in [0, 0.05) is 19.0 Å². The Hall–Kier alpha value is -2.95. The number of hydrogen-bond acceptors (Lipinski definition) is 3. The highest BCUT2D eigenvalue weighted by Gasteiger charge is 2.09. The van der Waals surface area contributed by atoms with Crippen LogP contribution in [0.4, 0.5) is 0 Å². The minimum absolute atomic E-state index is 0.0247. The SMILES string of the molecule is CC(C)c1nncn1CCNC(=O)Cc1ccc(-c2ccccc2)cc1. The highest BCUT2D eigenvalue weighted by atomic mass is 16.1. The molecule has 0 radical (unpaired) electrons. The van der Waals surface area contributed by atoms with Gasteiger partial charge in [0.25, 0.3) is 0 Å². The highest BCUT2D eigenvalue weighted by Crippen LogP contribution is 2.19. The van der Waals surface area contributed by atoms with Crippen molar-refractivity contribution in [3.8, 4) is 11.1 Å². The zero-order chi connectivity index (χ0) is 18.4. The maximum Gasteiger partial charge on any atom is 0.224 e. The zero-order valence-corrected chi connectivity index (χ0v) is 15.2. The molecule has 3 rings (SSSR count). The van der Waals surface area contributed by atoms with E-state index in [2.05, 4.69) is 53.6 Å². The van der Waals surface area contributed by atoms with E-state index in [1.807, 2.05) is 34.9 Å². The molecular formula is C21H24N4O. The molecule has 26 heavy (non-hydrogen) atoms. The Kier molecular flexibility index (Phi) is 5.79. The molecule has 0 spiro atoms. The van der Waals surface area contributed by atoms with Gasteiger partial charge in [-0.2, -0.15) is 0 Å². The summed E-state index contributed by atoms with van der Waals surface area (Å²) in [6.45, 7) is 5.41. The molecule has 0 aliphatic rings. The van der Waals surface area contributed by atoms with Crippen LogP contribution in [-0.2, 0) is 17.8 Å². The minimum atomic E-state index is 0.0247. The standard InChI is InChI=1S/C21H24N4O/c1-16(2)21-24-23-15-25(21)13-12-22-20(26)14-17-8-10-19(11-9-17)18-6-4-3-5-7-18/h3-11,15-16H,12-14H2,1-2H3,(H,22,26). The Balaban J connectivity index is 1.50. The van der Waals surface area contributed by atoms with Crippen LogP contribution >= 0.6 is 0 Å². The molecule has 0 bridgehead atoms. The Labute approximate surface area is 154 Å². The third kappa shape index (κ3) is 4.57. The van der Waals surface area contributed by atoms with Crippen LogP contribution < -0.4 is 5.32 Å². The second kappa shape index (κ2) is 8.43. The van der Waals surface area contributed by atoms with E-state index in [0.29, 0.717) is 25.4 Å². The third-order valence-electron chi connectivity index (χ3n) is 4.26. The first kappa shape index (κ1) is 17.9. The summed E-state index contributed by atoms with van der Waals surface area (Å²) in [7, 11) is 0. The Morgan fingerprint density at radius 1 is 1.04 bits per heavy atom. The lowest BCUT2D eigenvalue weighted by atomic mass is 10.0. The molecule has 0 saturated carbocycles. The van der Waals surface area contributed by atoms with Gasteiger partial charge in [-0.1, -0.05) is 68.4 Å². The number of nitrogens with zero attached hydrogens (tertiary/aromatic N) is 3. The average Bonchev–Trinajstić information content (AvgIpc) is 3.12. The van der Waals surface area contributed by atoms with Crippen LogP contribution in [0.15, 0.2) is 60.9 Å². The first-order valence-electron chi connectivity index (χ1n) is 8.92. The summed E-state index contributed by atoms with van der Waals surface area (Å²) in [6, 6.07) is 18.4. The number of amides is 1. The molecule has 1 N–H and O–H groups in total. The van der Waals surface area contributed by atoms with Crippen LogP contribution in [0.2, 0.25) is 0 Å². The molecule has 0 saturated heterocycles. The number of carbonyl (C=O) groups is 1. The number of benzene rings is 2. The lowest BCUT2D eigenvalue weighted by molar-refractivity contribution is -0.120. The van der Waals surface area contributed by atoms with Crippen LogP contribution in [-0.4, -0.2) is 27.2 Å². The number of rotatable bonds is 7. The average molecular weight is 348 g/mol. The van der Waals surface area contributed by atoms with Crippen LogP contribution in [0.3, 0.4) is 0 Å². The van der Waals surface area contributed by atoms with E-state index in [1.54, 1.807) is 6.33 Å². The van der Waals surface area contributed by atoms with E-state index in [-0.39, 0.29) is 5.91 Å². The van der Waals surface area contributed by atoms with E-state index < -0.39 is 0 Å². The highest BCUT2D eigenvalue weighted by molar-refractivity contribution is 5.78. The van der Waals surface area contributed by atoms with E-state index in [9.17, 15) is 4.79 Å². The molecule has 1 aromatic heterocycles. The molecule has 0 aliphatic heterocycles. The van der Waals surface area contributed by atoms with E-state index in [4.69, 9.17) is 0 Å². The minimum Gasteiger partial charge on any atom is -0.354 e. The van der Waals surface area contributed by atoms with Gasteiger partial charge in [-0.25, -0.2) is 0 Å². The fourth-order valence-corrected chi connectivity index (χ4v) is 2.89. The van der Waals surface area contributed by atoms with Crippen molar-refractivity contribution in [1.29, 1.82) is 0 Å². The number of carbonyl (C=O) groups excluding carboxylic acids is 1. The van der Waals surface area contributed by atoms with Crippen LogP contribution in [0.25, 0.3) is 11.1 Å². The topological polar surface area (TPSA) is 59.8 Å². The Morgan fingerprint density at radius 3 is 2.42 bits per heavy atom. The molecule has 0 unspecified atom stereocenters. The first-order valence-corrected chi connectivity index (χ1v) is 8.92. The Bertz CT molecular complexity index is 838. The van der Waals surface area contributed by atoms with Gasteiger partial charge in [0.2, 0.25) is 5.91 Å². The quantitative estimate of drug-likeness (QED) is 0.712. The predicted octanol–water partition coefficient (Wildman–Crippen LogP) is 3.43. The van der Waals surface area contributed by atoms with Crippen molar-refractivity contribution in [3.63, 3.8) is 0 Å². The number of aromatic nitrogens is 3. The van der Waals surface area contributed by atoms with Crippen LogP contribution in [0.5, 0.6) is 0 Å². The summed E-state index contributed by atoms with van der Waals surface area (Å²) in [5, 5.41) is 11.0. The molecular weight excluding hydrogens is 324 g/mol. The summed E-state index contributed by atoms with van der Waals surface area (Å²) in [5.41, 5.74) is 3.34. The second-order valence-electron chi connectivity index (χ2n) is 6.63. The van der Waals surface area contributed by atoms with Gasteiger partial charge in [-0.15, -0.1) is 10.2 Å². The number of nitrogens with one attached hydrogen (secondary N) is 1. The van der Waals surface area contributed by atoms with E-state index in [0.717, 1.165) is 17.0 Å². The molecule has 1 heterocycles. The molecule has 0 fully saturated rings.